The number of nitrogens with zero attached hydrogens (tertiary/aromatic N) is 1. The lowest BCUT2D eigenvalue weighted by Crippen LogP contribution is -2.27. The van der Waals surface area contributed by atoms with Crippen LogP contribution in [-0.4, -0.2) is 38.3 Å². The summed E-state index contributed by atoms with van der Waals surface area (Å²) in [5.74, 6) is -0.219. The SMILES string of the molecule is Cc1ccc(NC(=O)CNc2ccc(S(=O)(=O)N3CCCC3)cc2)cc1Cl. The minimum absolute atomic E-state index is 0.0592. The number of aryl methyl sites for hydroxylation is 1. The third kappa shape index (κ3) is 4.80. The van der Waals surface area contributed by atoms with E-state index in [-0.39, 0.29) is 17.3 Å². The number of hydrogen-bond acceptors (Lipinski definition) is 4. The van der Waals surface area contributed by atoms with Crippen LogP contribution in [0.15, 0.2) is 47.4 Å². The first-order valence-electron chi connectivity index (χ1n) is 8.76. The number of nitrogens with one attached hydrogen (secondary N) is 2. The number of benzene rings is 2. The molecule has 0 aliphatic carbocycles. The van der Waals surface area contributed by atoms with Crippen molar-refractivity contribution < 1.29 is 13.2 Å². The van der Waals surface area contributed by atoms with Gasteiger partial charge in [-0.3, -0.25) is 4.79 Å². The van der Waals surface area contributed by atoms with E-state index in [1.54, 1.807) is 36.4 Å². The first-order chi connectivity index (χ1) is 12.9. The molecule has 1 amide bonds. The highest BCUT2D eigenvalue weighted by atomic mass is 35.5. The highest BCUT2D eigenvalue weighted by molar-refractivity contribution is 7.89. The Morgan fingerprint density at radius 1 is 1.07 bits per heavy atom. The van der Waals surface area contributed by atoms with Crippen LogP contribution in [0.3, 0.4) is 0 Å². The fourth-order valence-electron chi connectivity index (χ4n) is 2.88. The molecule has 1 aliphatic heterocycles. The molecule has 0 bridgehead atoms. The van der Waals surface area contributed by atoms with E-state index in [4.69, 9.17) is 11.6 Å². The number of amides is 1. The minimum Gasteiger partial charge on any atom is -0.376 e. The maximum Gasteiger partial charge on any atom is 0.243 e. The Morgan fingerprint density at radius 3 is 2.33 bits per heavy atom. The van der Waals surface area contributed by atoms with Crippen molar-refractivity contribution in [2.45, 2.75) is 24.7 Å². The van der Waals surface area contributed by atoms with Gasteiger partial charge in [0, 0.05) is 29.5 Å². The molecule has 8 heteroatoms. The van der Waals surface area contributed by atoms with Gasteiger partial charge in [0.15, 0.2) is 0 Å². The zero-order valence-electron chi connectivity index (χ0n) is 15.0. The number of carbonyl (C=O) groups excluding carboxylic acids is 1. The maximum absolute atomic E-state index is 12.5. The molecule has 27 heavy (non-hydrogen) atoms. The Balaban J connectivity index is 1.56. The lowest BCUT2D eigenvalue weighted by Gasteiger charge is -2.15. The third-order valence-electron chi connectivity index (χ3n) is 4.47. The second kappa shape index (κ2) is 8.29. The standard InChI is InChI=1S/C19H22ClN3O3S/c1-14-4-5-16(12-18(14)20)22-19(24)13-21-15-6-8-17(9-7-15)27(25,26)23-10-2-3-11-23/h4-9,12,21H,2-3,10-11,13H2,1H3,(H,22,24). The normalized spacial score (nSPS) is 14.9. The van der Waals surface area contributed by atoms with Crippen molar-refractivity contribution in [3.8, 4) is 0 Å². The zero-order chi connectivity index (χ0) is 19.4. The summed E-state index contributed by atoms with van der Waals surface area (Å²) in [6.45, 7) is 3.10. The van der Waals surface area contributed by atoms with Gasteiger partial charge in [0.25, 0.3) is 0 Å². The predicted molar refractivity (Wildman–Crippen MR) is 108 cm³/mol. The van der Waals surface area contributed by atoms with Crippen LogP contribution in [0.5, 0.6) is 0 Å². The number of sulfonamides is 1. The molecule has 2 N–H and O–H groups in total. The Morgan fingerprint density at radius 2 is 1.70 bits per heavy atom. The Kier molecular flexibility index (Phi) is 6.04. The molecule has 2 aromatic carbocycles. The van der Waals surface area contributed by atoms with E-state index in [1.165, 1.54) is 4.31 Å². The summed E-state index contributed by atoms with van der Waals surface area (Å²) in [6.07, 6.45) is 1.81. The molecular weight excluding hydrogens is 386 g/mol. The second-order valence-electron chi connectivity index (χ2n) is 6.50. The van der Waals surface area contributed by atoms with Gasteiger partial charge in [-0.05, 0) is 61.7 Å². The quantitative estimate of drug-likeness (QED) is 0.768. The van der Waals surface area contributed by atoms with Crippen LogP contribution in [0, 0.1) is 6.92 Å². The van der Waals surface area contributed by atoms with Gasteiger partial charge in [0.05, 0.1) is 11.4 Å². The van der Waals surface area contributed by atoms with Crippen molar-refractivity contribution in [1.29, 1.82) is 0 Å². The zero-order valence-corrected chi connectivity index (χ0v) is 16.6. The second-order valence-corrected chi connectivity index (χ2v) is 8.85. The van der Waals surface area contributed by atoms with Gasteiger partial charge < -0.3 is 10.6 Å². The summed E-state index contributed by atoms with van der Waals surface area (Å²) in [5, 5.41) is 6.34. The Bertz CT molecular complexity index is 924. The number of halogens is 1. The molecule has 0 saturated carbocycles. The van der Waals surface area contributed by atoms with E-state index < -0.39 is 10.0 Å². The molecule has 1 aliphatic rings. The smallest absolute Gasteiger partial charge is 0.243 e. The first kappa shape index (κ1) is 19.7. The van der Waals surface area contributed by atoms with Crippen LogP contribution in [0.2, 0.25) is 5.02 Å². The van der Waals surface area contributed by atoms with Gasteiger partial charge in [-0.15, -0.1) is 0 Å². The molecule has 6 nitrogen and oxygen atoms in total. The highest BCUT2D eigenvalue weighted by Crippen LogP contribution is 2.22. The van der Waals surface area contributed by atoms with Crippen LogP contribution in [0.1, 0.15) is 18.4 Å². The van der Waals surface area contributed by atoms with Crippen LogP contribution in [-0.2, 0) is 14.8 Å². The topological polar surface area (TPSA) is 78.5 Å². The summed E-state index contributed by atoms with van der Waals surface area (Å²) in [4.78, 5) is 12.3. The number of hydrogen-bond donors (Lipinski definition) is 2. The predicted octanol–water partition coefficient (Wildman–Crippen LogP) is 3.48. The van der Waals surface area contributed by atoms with E-state index in [2.05, 4.69) is 10.6 Å². The van der Waals surface area contributed by atoms with Crippen molar-refractivity contribution in [1.82, 2.24) is 4.31 Å². The summed E-state index contributed by atoms with van der Waals surface area (Å²) in [7, 11) is -3.42. The third-order valence-corrected chi connectivity index (χ3v) is 6.79. The van der Waals surface area contributed by atoms with Gasteiger partial charge >= 0.3 is 0 Å². The van der Waals surface area contributed by atoms with Gasteiger partial charge in [-0.2, -0.15) is 4.31 Å². The number of carbonyl (C=O) groups is 1. The van der Waals surface area contributed by atoms with E-state index >= 15 is 0 Å². The lowest BCUT2D eigenvalue weighted by molar-refractivity contribution is -0.114. The first-order valence-corrected chi connectivity index (χ1v) is 10.6. The van der Waals surface area contributed by atoms with Gasteiger partial charge in [0.1, 0.15) is 0 Å². The minimum atomic E-state index is -3.42. The monoisotopic (exact) mass is 407 g/mol. The van der Waals surface area contributed by atoms with E-state index in [0.717, 1.165) is 18.4 Å². The molecule has 3 rings (SSSR count). The fraction of sp³-hybridized carbons (Fsp3) is 0.316. The summed E-state index contributed by atoms with van der Waals surface area (Å²) >= 11 is 6.05. The molecule has 1 fully saturated rings. The van der Waals surface area contributed by atoms with Gasteiger partial charge in [-0.1, -0.05) is 17.7 Å². The van der Waals surface area contributed by atoms with Gasteiger partial charge in [-0.25, -0.2) is 8.42 Å². The Labute approximate surface area is 164 Å². The van der Waals surface area contributed by atoms with Crippen molar-refractivity contribution >= 4 is 38.9 Å². The molecule has 0 aromatic heterocycles. The molecule has 1 saturated heterocycles. The average molecular weight is 408 g/mol. The van der Waals surface area contributed by atoms with Crippen molar-refractivity contribution in [3.05, 3.63) is 53.1 Å². The van der Waals surface area contributed by atoms with Gasteiger partial charge in [0.2, 0.25) is 15.9 Å². The van der Waals surface area contributed by atoms with Crippen molar-refractivity contribution in [3.63, 3.8) is 0 Å². The molecule has 0 spiro atoms. The molecule has 144 valence electrons. The molecule has 2 aromatic rings. The highest BCUT2D eigenvalue weighted by Gasteiger charge is 2.26. The van der Waals surface area contributed by atoms with E-state index in [0.29, 0.717) is 29.5 Å². The fourth-order valence-corrected chi connectivity index (χ4v) is 4.58. The summed E-state index contributed by atoms with van der Waals surface area (Å²) in [5.41, 5.74) is 2.24. The van der Waals surface area contributed by atoms with Crippen molar-refractivity contribution in [2.24, 2.45) is 0 Å². The van der Waals surface area contributed by atoms with E-state index in [9.17, 15) is 13.2 Å². The van der Waals surface area contributed by atoms with Crippen LogP contribution >= 0.6 is 11.6 Å². The number of rotatable bonds is 6. The molecule has 0 unspecified atom stereocenters. The van der Waals surface area contributed by atoms with Crippen LogP contribution < -0.4 is 10.6 Å². The van der Waals surface area contributed by atoms with Crippen molar-refractivity contribution in [2.75, 3.05) is 30.3 Å². The average Bonchev–Trinajstić information content (AvgIpc) is 3.19. The van der Waals surface area contributed by atoms with E-state index in [1.807, 2.05) is 13.0 Å². The Hall–Kier alpha value is -2.09. The lowest BCUT2D eigenvalue weighted by atomic mass is 10.2. The largest absolute Gasteiger partial charge is 0.376 e. The number of anilines is 2. The molecular formula is C19H22ClN3O3S. The molecule has 0 radical (unpaired) electrons. The summed E-state index contributed by atoms with van der Waals surface area (Å²) in [6, 6.07) is 11.8. The molecule has 0 atom stereocenters. The molecule has 1 heterocycles. The van der Waals surface area contributed by atoms with Crippen LogP contribution in [0.4, 0.5) is 11.4 Å². The van der Waals surface area contributed by atoms with Crippen LogP contribution in [0.25, 0.3) is 0 Å². The summed E-state index contributed by atoms with van der Waals surface area (Å²) < 4.78 is 26.5. The maximum atomic E-state index is 12.5.